The predicted molar refractivity (Wildman–Crippen MR) is 110 cm³/mol. The number of allylic oxidation sites excluding steroid dienone is 4. The first-order chi connectivity index (χ1) is 12.4. The fraction of sp³-hybridized carbons (Fsp3) is 0.182. The molecule has 132 valence electrons. The Morgan fingerprint density at radius 3 is 2.35 bits per heavy atom. The van der Waals surface area contributed by atoms with Crippen molar-refractivity contribution in [3.05, 3.63) is 90.2 Å². The highest BCUT2D eigenvalue weighted by atomic mass is 16.4. The molecule has 26 heavy (non-hydrogen) atoms. The third-order valence-electron chi connectivity index (χ3n) is 4.96. The normalized spacial score (nSPS) is 16.0. The van der Waals surface area contributed by atoms with Gasteiger partial charge in [-0.1, -0.05) is 62.9 Å². The van der Waals surface area contributed by atoms with Crippen LogP contribution in [0, 0.1) is 0 Å². The van der Waals surface area contributed by atoms with E-state index in [1.165, 1.54) is 0 Å². The van der Waals surface area contributed by atoms with Crippen LogP contribution in [-0.2, 0) is 5.41 Å². The molecule has 3 nitrogen and oxygen atoms in total. The van der Waals surface area contributed by atoms with E-state index in [2.05, 4.69) is 43.5 Å². The van der Waals surface area contributed by atoms with Crippen molar-refractivity contribution < 1.29 is 10.0 Å². The molecule has 1 aliphatic heterocycles. The van der Waals surface area contributed by atoms with Crippen molar-refractivity contribution >= 4 is 24.0 Å². The Balaban J connectivity index is 2.36. The van der Waals surface area contributed by atoms with E-state index in [0.717, 1.165) is 28.2 Å². The largest absolute Gasteiger partial charge is 0.488 e. The van der Waals surface area contributed by atoms with Gasteiger partial charge in [0.05, 0.1) is 5.69 Å². The summed E-state index contributed by atoms with van der Waals surface area (Å²) in [5.74, 6) is 0. The highest BCUT2D eigenvalue weighted by molar-refractivity contribution is 6.58. The Morgan fingerprint density at radius 2 is 1.77 bits per heavy atom. The molecule has 4 heteroatoms. The molecule has 1 heterocycles. The van der Waals surface area contributed by atoms with Crippen LogP contribution in [0.4, 0.5) is 11.4 Å². The summed E-state index contributed by atoms with van der Waals surface area (Å²) in [5, 5.41) is 19.3. The Labute approximate surface area is 155 Å². The molecule has 0 saturated carbocycles. The smallest absolute Gasteiger partial charge is 0.423 e. The van der Waals surface area contributed by atoms with Crippen molar-refractivity contribution in [1.29, 1.82) is 0 Å². The van der Waals surface area contributed by atoms with Gasteiger partial charge in [0.25, 0.3) is 0 Å². The maximum absolute atomic E-state index is 9.65. The molecule has 0 fully saturated rings. The molecule has 0 aromatic heterocycles. The van der Waals surface area contributed by atoms with E-state index in [1.807, 2.05) is 49.4 Å². The van der Waals surface area contributed by atoms with Crippen LogP contribution >= 0.6 is 0 Å². The van der Waals surface area contributed by atoms with Gasteiger partial charge in [0.15, 0.2) is 0 Å². The van der Waals surface area contributed by atoms with E-state index in [4.69, 9.17) is 0 Å². The van der Waals surface area contributed by atoms with Crippen LogP contribution in [-0.4, -0.2) is 17.2 Å². The third kappa shape index (κ3) is 2.92. The highest BCUT2D eigenvalue weighted by Crippen LogP contribution is 2.48. The minimum absolute atomic E-state index is 0.304. The van der Waals surface area contributed by atoms with Crippen LogP contribution in [0.1, 0.15) is 26.3 Å². The molecule has 0 bridgehead atoms. The molecule has 0 spiro atoms. The van der Waals surface area contributed by atoms with E-state index in [0.29, 0.717) is 5.46 Å². The zero-order valence-electron chi connectivity index (χ0n) is 15.5. The second kappa shape index (κ2) is 6.98. The first-order valence-electron chi connectivity index (χ1n) is 8.77. The standard InChI is InChI=1S/C22H24BNO2/c1-5-10-18-20(6-2)24(17-11-8-7-9-12-17)21-14-13-16(23(25)26)15-19(21)22(18,3)4/h5-15,25-26H,2H2,1,3-4H3/b10-5-. The van der Waals surface area contributed by atoms with Gasteiger partial charge in [-0.15, -0.1) is 0 Å². The maximum Gasteiger partial charge on any atom is 0.488 e. The quantitative estimate of drug-likeness (QED) is 0.828. The van der Waals surface area contributed by atoms with Crippen LogP contribution in [0.25, 0.3) is 0 Å². The summed E-state index contributed by atoms with van der Waals surface area (Å²) < 4.78 is 0. The van der Waals surface area contributed by atoms with Gasteiger partial charge in [0.1, 0.15) is 0 Å². The molecule has 0 atom stereocenters. The van der Waals surface area contributed by atoms with Gasteiger partial charge in [0.2, 0.25) is 0 Å². The van der Waals surface area contributed by atoms with Crippen molar-refractivity contribution in [1.82, 2.24) is 0 Å². The number of para-hydroxylation sites is 1. The number of hydrogen-bond acceptors (Lipinski definition) is 3. The van der Waals surface area contributed by atoms with Gasteiger partial charge in [-0.05, 0) is 47.8 Å². The predicted octanol–water partition coefficient (Wildman–Crippen LogP) is 3.81. The number of benzene rings is 2. The Kier molecular flexibility index (Phi) is 4.90. The van der Waals surface area contributed by atoms with Crippen molar-refractivity contribution in [3.63, 3.8) is 0 Å². The first kappa shape index (κ1) is 18.2. The number of rotatable bonds is 4. The lowest BCUT2D eigenvalue weighted by atomic mass is 9.69. The maximum atomic E-state index is 9.65. The molecule has 1 aliphatic rings. The minimum Gasteiger partial charge on any atom is -0.423 e. The molecule has 0 saturated heterocycles. The molecule has 3 rings (SSSR count). The summed E-state index contributed by atoms with van der Waals surface area (Å²) in [6.45, 7) is 10.4. The average molecular weight is 345 g/mol. The highest BCUT2D eigenvalue weighted by Gasteiger charge is 2.37. The van der Waals surface area contributed by atoms with Crippen LogP contribution in [0.15, 0.2) is 84.6 Å². The van der Waals surface area contributed by atoms with Crippen molar-refractivity contribution in [2.75, 3.05) is 4.90 Å². The Hall–Kier alpha value is -2.56. The van der Waals surface area contributed by atoms with Crippen molar-refractivity contribution in [3.8, 4) is 0 Å². The summed E-state index contributed by atoms with van der Waals surface area (Å²) in [5.41, 5.74) is 5.46. The monoisotopic (exact) mass is 345 g/mol. The minimum atomic E-state index is -1.49. The third-order valence-corrected chi connectivity index (χ3v) is 4.96. The van der Waals surface area contributed by atoms with Gasteiger partial charge in [-0.25, -0.2) is 0 Å². The van der Waals surface area contributed by atoms with E-state index in [1.54, 1.807) is 6.07 Å². The molecule has 0 aliphatic carbocycles. The summed E-state index contributed by atoms with van der Waals surface area (Å²) in [6, 6.07) is 15.7. The molecule has 0 unspecified atom stereocenters. The van der Waals surface area contributed by atoms with Crippen LogP contribution in [0.2, 0.25) is 0 Å². The number of nitrogens with zero attached hydrogens (tertiary/aromatic N) is 1. The van der Waals surface area contributed by atoms with Gasteiger partial charge in [-0.3, -0.25) is 0 Å². The lowest BCUT2D eigenvalue weighted by Crippen LogP contribution is -2.37. The van der Waals surface area contributed by atoms with E-state index >= 15 is 0 Å². The van der Waals surface area contributed by atoms with Crippen molar-refractivity contribution in [2.24, 2.45) is 0 Å². The zero-order valence-corrected chi connectivity index (χ0v) is 15.5. The summed E-state index contributed by atoms with van der Waals surface area (Å²) >= 11 is 0. The van der Waals surface area contributed by atoms with E-state index in [9.17, 15) is 10.0 Å². The summed E-state index contributed by atoms with van der Waals surface area (Å²) in [4.78, 5) is 2.18. The van der Waals surface area contributed by atoms with Gasteiger partial charge < -0.3 is 14.9 Å². The van der Waals surface area contributed by atoms with Gasteiger partial charge >= 0.3 is 7.12 Å². The molecule has 2 aromatic rings. The Morgan fingerprint density at radius 1 is 1.08 bits per heavy atom. The SMILES string of the molecule is C=CC1=C(/C=C\C)C(C)(C)c2cc(B(O)O)ccc2N1c1ccccc1. The van der Waals surface area contributed by atoms with Gasteiger partial charge in [-0.2, -0.15) is 0 Å². The lowest BCUT2D eigenvalue weighted by molar-refractivity contribution is 0.425. The second-order valence-corrected chi connectivity index (χ2v) is 6.95. The molecule has 2 N–H and O–H groups in total. The van der Waals surface area contributed by atoms with Crippen LogP contribution in [0.3, 0.4) is 0 Å². The topological polar surface area (TPSA) is 43.7 Å². The van der Waals surface area contributed by atoms with E-state index in [-0.39, 0.29) is 5.41 Å². The van der Waals surface area contributed by atoms with Crippen LogP contribution in [0.5, 0.6) is 0 Å². The molecular formula is C22H24BNO2. The molecule has 0 amide bonds. The zero-order chi connectivity index (χ0) is 18.9. The fourth-order valence-electron chi connectivity index (χ4n) is 3.64. The van der Waals surface area contributed by atoms with E-state index < -0.39 is 7.12 Å². The average Bonchev–Trinajstić information content (AvgIpc) is 2.64. The van der Waals surface area contributed by atoms with Gasteiger partial charge in [0, 0.05) is 16.8 Å². The number of fused-ring (bicyclic) bond motifs is 1. The van der Waals surface area contributed by atoms with Crippen molar-refractivity contribution in [2.45, 2.75) is 26.2 Å². The molecule has 0 radical (unpaired) electrons. The summed E-state index contributed by atoms with van der Waals surface area (Å²) in [6.07, 6.45) is 6.03. The first-order valence-corrected chi connectivity index (χ1v) is 8.77. The summed E-state index contributed by atoms with van der Waals surface area (Å²) in [7, 11) is -1.49. The number of anilines is 2. The fourth-order valence-corrected chi connectivity index (χ4v) is 3.64. The number of hydrogen-bond donors (Lipinski definition) is 2. The lowest BCUT2D eigenvalue weighted by Gasteiger charge is -2.42. The molecule has 2 aromatic carbocycles. The van der Waals surface area contributed by atoms with Crippen LogP contribution < -0.4 is 10.4 Å². The molecular weight excluding hydrogens is 321 g/mol. The Bertz CT molecular complexity index is 882. The second-order valence-electron chi connectivity index (χ2n) is 6.95.